The first-order valence-corrected chi connectivity index (χ1v) is 10.1. The van der Waals surface area contributed by atoms with Crippen LogP contribution in [0, 0.1) is 11.5 Å². The first-order chi connectivity index (χ1) is 9.00. The van der Waals surface area contributed by atoms with E-state index < -0.39 is 8.07 Å². The number of hydrogen-bond donors (Lipinski definition) is 0. The van der Waals surface area contributed by atoms with Crippen LogP contribution in [0.2, 0.25) is 19.6 Å². The Morgan fingerprint density at radius 3 is 2.10 bits per heavy atom. The van der Waals surface area contributed by atoms with Crippen LogP contribution in [0.4, 0.5) is 0 Å². The Bertz CT molecular complexity index is 542. The van der Waals surface area contributed by atoms with Crippen molar-refractivity contribution in [3.8, 4) is 11.5 Å². The fraction of sp³-hybridized carbons (Fsp3) is 0.533. The Balaban J connectivity index is 2.92. The summed E-state index contributed by atoms with van der Waals surface area (Å²) < 4.78 is 0. The predicted octanol–water partition coefficient (Wildman–Crippen LogP) is 2.58. The molecule has 1 amide bonds. The lowest BCUT2D eigenvalue weighted by molar-refractivity contribution is 0.0643. The number of rotatable bonds is 1. The molecule has 108 valence electrons. The molecule has 4 nitrogen and oxygen atoms in total. The maximum atomic E-state index is 12.2. The van der Waals surface area contributed by atoms with Crippen molar-refractivity contribution >= 4 is 14.0 Å². The minimum atomic E-state index is -1.41. The largest absolute Gasteiger partial charge is 0.334 e. The smallest absolute Gasteiger partial charge is 0.291 e. The summed E-state index contributed by atoms with van der Waals surface area (Å²) in [5.41, 5.74) is 3.75. The van der Waals surface area contributed by atoms with E-state index in [2.05, 4.69) is 41.1 Å². The molecule has 20 heavy (non-hydrogen) atoms. The van der Waals surface area contributed by atoms with E-state index in [4.69, 9.17) is 0 Å². The molecule has 0 radical (unpaired) electrons. The molecule has 1 rings (SSSR count). The van der Waals surface area contributed by atoms with E-state index in [0.29, 0.717) is 0 Å². The summed E-state index contributed by atoms with van der Waals surface area (Å²) in [6.07, 6.45) is 3.23. The maximum Gasteiger partial charge on any atom is 0.291 e. The zero-order chi connectivity index (χ0) is 15.6. The number of carbonyl (C=O) groups is 1. The van der Waals surface area contributed by atoms with E-state index in [-0.39, 0.29) is 17.3 Å². The molecule has 0 saturated carbocycles. The van der Waals surface area contributed by atoms with E-state index in [1.807, 2.05) is 20.8 Å². The third kappa shape index (κ3) is 4.78. The van der Waals surface area contributed by atoms with Gasteiger partial charge in [0.2, 0.25) is 5.82 Å². The molecule has 0 aliphatic carbocycles. The molecule has 0 unspecified atom stereocenters. The molecule has 0 N–H and O–H groups in total. The second kappa shape index (κ2) is 5.76. The van der Waals surface area contributed by atoms with Crippen LogP contribution in [0.1, 0.15) is 37.0 Å². The first kappa shape index (κ1) is 16.4. The molecule has 0 spiro atoms. The molecule has 1 aromatic rings. The van der Waals surface area contributed by atoms with Gasteiger partial charge in [-0.1, -0.05) is 25.6 Å². The SMILES string of the molecule is CN(C(=O)c1ncc(C#C[Si](C)(C)C)cn1)C(C)(C)C. The predicted molar refractivity (Wildman–Crippen MR) is 84.1 cm³/mol. The van der Waals surface area contributed by atoms with Crippen molar-refractivity contribution in [2.24, 2.45) is 0 Å². The zero-order valence-electron chi connectivity index (χ0n) is 13.4. The Kier molecular flexibility index (Phi) is 4.71. The monoisotopic (exact) mass is 289 g/mol. The molecule has 0 atom stereocenters. The highest BCUT2D eigenvalue weighted by atomic mass is 28.3. The maximum absolute atomic E-state index is 12.2. The third-order valence-electron chi connectivity index (χ3n) is 2.74. The van der Waals surface area contributed by atoms with E-state index in [1.54, 1.807) is 24.3 Å². The van der Waals surface area contributed by atoms with Crippen molar-refractivity contribution in [3.05, 3.63) is 23.8 Å². The summed E-state index contributed by atoms with van der Waals surface area (Å²) in [6, 6.07) is 0. The Hall–Kier alpha value is -1.67. The standard InChI is InChI=1S/C15H23N3OSi/c1-15(2,3)18(4)14(19)13-16-10-12(11-17-13)8-9-20(5,6)7/h10-11H,1-7H3. The van der Waals surface area contributed by atoms with Gasteiger partial charge in [-0.3, -0.25) is 4.79 Å². The molecule has 0 fully saturated rings. The van der Waals surface area contributed by atoms with Gasteiger partial charge in [0.1, 0.15) is 8.07 Å². The Labute approximate surface area is 122 Å². The first-order valence-electron chi connectivity index (χ1n) is 6.64. The fourth-order valence-corrected chi connectivity index (χ4v) is 1.74. The van der Waals surface area contributed by atoms with Crippen LogP contribution < -0.4 is 0 Å². The lowest BCUT2D eigenvalue weighted by atomic mass is 10.1. The van der Waals surface area contributed by atoms with Crippen molar-refractivity contribution in [2.75, 3.05) is 7.05 Å². The van der Waals surface area contributed by atoms with Crippen LogP contribution >= 0.6 is 0 Å². The van der Waals surface area contributed by atoms with Crippen molar-refractivity contribution in [3.63, 3.8) is 0 Å². The molecule has 0 aliphatic rings. The van der Waals surface area contributed by atoms with Gasteiger partial charge < -0.3 is 4.90 Å². The molecule has 0 aromatic carbocycles. The number of amides is 1. The number of hydrogen-bond acceptors (Lipinski definition) is 3. The number of nitrogens with zero attached hydrogens (tertiary/aromatic N) is 3. The fourth-order valence-electron chi connectivity index (χ4n) is 1.22. The number of carbonyl (C=O) groups excluding carboxylic acids is 1. The van der Waals surface area contributed by atoms with Crippen molar-refractivity contribution < 1.29 is 4.79 Å². The van der Waals surface area contributed by atoms with Crippen LogP contribution in [0.3, 0.4) is 0 Å². The second-order valence-electron chi connectivity index (χ2n) is 6.83. The summed E-state index contributed by atoms with van der Waals surface area (Å²) >= 11 is 0. The van der Waals surface area contributed by atoms with Gasteiger partial charge in [-0.05, 0) is 20.8 Å². The van der Waals surface area contributed by atoms with Crippen molar-refractivity contribution in [1.29, 1.82) is 0 Å². The summed E-state index contributed by atoms with van der Waals surface area (Å²) in [7, 11) is 0.345. The molecule has 1 heterocycles. The molecule has 0 aliphatic heterocycles. The third-order valence-corrected chi connectivity index (χ3v) is 3.61. The van der Waals surface area contributed by atoms with E-state index in [9.17, 15) is 4.79 Å². The Morgan fingerprint density at radius 1 is 1.20 bits per heavy atom. The van der Waals surface area contributed by atoms with Gasteiger partial charge in [0.15, 0.2) is 0 Å². The van der Waals surface area contributed by atoms with Crippen LogP contribution in [0.5, 0.6) is 0 Å². The van der Waals surface area contributed by atoms with E-state index in [0.717, 1.165) is 5.56 Å². The minimum absolute atomic E-state index is 0.179. The van der Waals surface area contributed by atoms with Crippen LogP contribution in [0.25, 0.3) is 0 Å². The van der Waals surface area contributed by atoms with Gasteiger partial charge >= 0.3 is 0 Å². The molecule has 0 bridgehead atoms. The van der Waals surface area contributed by atoms with Gasteiger partial charge in [0.05, 0.1) is 5.56 Å². The van der Waals surface area contributed by atoms with Crippen LogP contribution in [0.15, 0.2) is 12.4 Å². The summed E-state index contributed by atoms with van der Waals surface area (Å²) in [4.78, 5) is 22.1. The highest BCUT2D eigenvalue weighted by molar-refractivity contribution is 6.83. The summed E-state index contributed by atoms with van der Waals surface area (Å²) in [5.74, 6) is 3.10. The normalized spacial score (nSPS) is 11.6. The van der Waals surface area contributed by atoms with Crippen LogP contribution in [-0.2, 0) is 0 Å². The molecular formula is C15H23N3OSi. The lowest BCUT2D eigenvalue weighted by Gasteiger charge is -2.31. The Morgan fingerprint density at radius 2 is 1.70 bits per heavy atom. The average Bonchev–Trinajstić information content (AvgIpc) is 2.33. The quantitative estimate of drug-likeness (QED) is 0.589. The van der Waals surface area contributed by atoms with Crippen molar-refractivity contribution in [2.45, 2.75) is 46.0 Å². The molecule has 1 aromatic heterocycles. The molecular weight excluding hydrogens is 266 g/mol. The van der Waals surface area contributed by atoms with Gasteiger partial charge in [-0.15, -0.1) is 5.54 Å². The van der Waals surface area contributed by atoms with Gasteiger partial charge in [0, 0.05) is 25.0 Å². The van der Waals surface area contributed by atoms with Gasteiger partial charge in [-0.25, -0.2) is 9.97 Å². The average molecular weight is 289 g/mol. The highest BCUT2D eigenvalue weighted by Gasteiger charge is 2.25. The topological polar surface area (TPSA) is 46.1 Å². The van der Waals surface area contributed by atoms with E-state index in [1.165, 1.54) is 0 Å². The summed E-state index contributed by atoms with van der Waals surface area (Å²) in [6.45, 7) is 12.4. The summed E-state index contributed by atoms with van der Waals surface area (Å²) in [5, 5.41) is 0. The van der Waals surface area contributed by atoms with Gasteiger partial charge in [-0.2, -0.15) is 0 Å². The highest BCUT2D eigenvalue weighted by Crippen LogP contribution is 2.12. The van der Waals surface area contributed by atoms with E-state index >= 15 is 0 Å². The number of aromatic nitrogens is 2. The lowest BCUT2D eigenvalue weighted by Crippen LogP contribution is -2.43. The van der Waals surface area contributed by atoms with Crippen molar-refractivity contribution in [1.82, 2.24) is 14.9 Å². The van der Waals surface area contributed by atoms with Gasteiger partial charge in [0.25, 0.3) is 5.91 Å². The molecule has 5 heteroatoms. The zero-order valence-corrected chi connectivity index (χ0v) is 14.4. The molecule has 0 saturated heterocycles. The minimum Gasteiger partial charge on any atom is -0.334 e. The second-order valence-corrected chi connectivity index (χ2v) is 11.6. The van der Waals surface area contributed by atoms with Crippen LogP contribution in [-0.4, -0.2) is 41.4 Å².